The Balaban J connectivity index is 4.54. The third kappa shape index (κ3) is 50.7. The minimum absolute atomic E-state index is 0.115. The lowest BCUT2D eigenvalue weighted by Gasteiger charge is -2.18. The molecule has 0 fully saturated rings. The number of allylic oxidation sites excluding steroid dienone is 20. The number of hydrogen-bond donors (Lipinski definition) is 0. The molecule has 0 aliphatic carbocycles. The smallest absolute Gasteiger partial charge is 0.306 e. The first kappa shape index (κ1) is 60.8. The first-order chi connectivity index (χ1) is 32.0. The molecule has 0 aromatic heterocycles. The minimum atomic E-state index is -0.820. The van der Waals surface area contributed by atoms with Crippen molar-refractivity contribution in [3.05, 3.63) is 122 Å². The van der Waals surface area contributed by atoms with E-state index in [1.807, 2.05) is 0 Å². The molecule has 0 spiro atoms. The molecule has 0 radical (unpaired) electrons. The van der Waals surface area contributed by atoms with Gasteiger partial charge >= 0.3 is 17.9 Å². The minimum Gasteiger partial charge on any atom is -0.462 e. The van der Waals surface area contributed by atoms with Crippen molar-refractivity contribution in [2.75, 3.05) is 13.2 Å². The van der Waals surface area contributed by atoms with Gasteiger partial charge in [-0.2, -0.15) is 0 Å². The molecule has 366 valence electrons. The van der Waals surface area contributed by atoms with Gasteiger partial charge < -0.3 is 14.2 Å². The van der Waals surface area contributed by atoms with Crippen LogP contribution in [0.2, 0.25) is 0 Å². The summed E-state index contributed by atoms with van der Waals surface area (Å²) in [5, 5.41) is 0. The highest BCUT2D eigenvalue weighted by Crippen LogP contribution is 2.12. The van der Waals surface area contributed by atoms with Gasteiger partial charge in [0.25, 0.3) is 0 Å². The molecule has 6 nitrogen and oxygen atoms in total. The van der Waals surface area contributed by atoms with E-state index in [4.69, 9.17) is 14.2 Å². The molecular formula is C59H94O6. The van der Waals surface area contributed by atoms with E-state index in [2.05, 4.69) is 142 Å². The first-order valence-electron chi connectivity index (χ1n) is 26.0. The normalized spacial score (nSPS) is 13.1. The van der Waals surface area contributed by atoms with Gasteiger partial charge in [0, 0.05) is 19.3 Å². The molecule has 0 aromatic carbocycles. The number of esters is 3. The lowest BCUT2D eigenvalue weighted by molar-refractivity contribution is -0.167. The number of hydrogen-bond acceptors (Lipinski definition) is 6. The Bertz CT molecular complexity index is 1400. The fourth-order valence-electron chi connectivity index (χ4n) is 6.57. The molecular weight excluding hydrogens is 805 g/mol. The number of ether oxygens (including phenoxy) is 3. The lowest BCUT2D eigenvalue weighted by Crippen LogP contribution is -2.30. The molecule has 0 N–H and O–H groups in total. The van der Waals surface area contributed by atoms with Gasteiger partial charge in [0.1, 0.15) is 13.2 Å². The molecule has 1 atom stereocenters. The number of carbonyl (C=O) groups is 3. The Morgan fingerprint density at radius 1 is 0.323 bits per heavy atom. The summed E-state index contributed by atoms with van der Waals surface area (Å²) in [7, 11) is 0. The molecule has 0 rings (SSSR count). The fraction of sp³-hybridized carbons (Fsp3) is 0.610. The monoisotopic (exact) mass is 899 g/mol. The molecule has 0 amide bonds. The van der Waals surface area contributed by atoms with Crippen molar-refractivity contribution in [3.63, 3.8) is 0 Å². The van der Waals surface area contributed by atoms with E-state index < -0.39 is 6.10 Å². The highest BCUT2D eigenvalue weighted by molar-refractivity contribution is 5.71. The average Bonchev–Trinajstić information content (AvgIpc) is 3.30. The van der Waals surface area contributed by atoms with Gasteiger partial charge in [0.15, 0.2) is 6.10 Å². The van der Waals surface area contributed by atoms with E-state index in [-0.39, 0.29) is 37.5 Å². The zero-order chi connectivity index (χ0) is 47.2. The second-order valence-corrected chi connectivity index (χ2v) is 16.7. The Labute approximate surface area is 399 Å². The third-order valence-electron chi connectivity index (χ3n) is 10.4. The predicted molar refractivity (Wildman–Crippen MR) is 279 cm³/mol. The Kier molecular flexibility index (Phi) is 49.1. The fourth-order valence-corrected chi connectivity index (χ4v) is 6.57. The van der Waals surface area contributed by atoms with Gasteiger partial charge in [-0.25, -0.2) is 0 Å². The lowest BCUT2D eigenvalue weighted by atomic mass is 10.1. The molecule has 0 unspecified atom stereocenters. The summed E-state index contributed by atoms with van der Waals surface area (Å²) >= 11 is 0. The Hall–Kier alpha value is -4.19. The summed E-state index contributed by atoms with van der Waals surface area (Å²) in [6, 6.07) is 0. The van der Waals surface area contributed by atoms with Gasteiger partial charge in [0.2, 0.25) is 0 Å². The summed E-state index contributed by atoms with van der Waals surface area (Å²) in [4.78, 5) is 38.0. The second-order valence-electron chi connectivity index (χ2n) is 16.7. The van der Waals surface area contributed by atoms with Crippen molar-refractivity contribution in [3.8, 4) is 0 Å². The van der Waals surface area contributed by atoms with E-state index in [0.29, 0.717) is 19.3 Å². The van der Waals surface area contributed by atoms with Crippen LogP contribution in [0, 0.1) is 0 Å². The SMILES string of the molecule is CC/C=C\C/C=C\C/C=C\C/C=C\CCCCC(=O)O[C@@H](COC(=O)CCCCCC/C=C\C/C=C\C/C=C\CCCCC)COC(=O)CCCCCCC/C=C\C/C=C\C/C=C\CC. The maximum absolute atomic E-state index is 12.8. The van der Waals surface area contributed by atoms with Gasteiger partial charge in [-0.3, -0.25) is 14.4 Å². The van der Waals surface area contributed by atoms with Crippen LogP contribution >= 0.6 is 0 Å². The molecule has 65 heavy (non-hydrogen) atoms. The molecule has 0 bridgehead atoms. The molecule has 0 heterocycles. The van der Waals surface area contributed by atoms with Crippen molar-refractivity contribution in [2.24, 2.45) is 0 Å². The van der Waals surface area contributed by atoms with Crippen LogP contribution in [-0.4, -0.2) is 37.2 Å². The van der Waals surface area contributed by atoms with E-state index >= 15 is 0 Å². The maximum Gasteiger partial charge on any atom is 0.306 e. The van der Waals surface area contributed by atoms with Crippen LogP contribution in [0.3, 0.4) is 0 Å². The van der Waals surface area contributed by atoms with Crippen LogP contribution in [0.15, 0.2) is 122 Å². The zero-order valence-electron chi connectivity index (χ0n) is 41.7. The van der Waals surface area contributed by atoms with Crippen LogP contribution in [0.4, 0.5) is 0 Å². The number of unbranched alkanes of at least 4 members (excludes halogenated alkanes) is 14. The van der Waals surface area contributed by atoms with Crippen LogP contribution in [0.1, 0.15) is 213 Å². The summed E-state index contributed by atoms with van der Waals surface area (Å²) in [6.45, 7) is 6.30. The molecule has 6 heteroatoms. The van der Waals surface area contributed by atoms with E-state index in [1.165, 1.54) is 25.7 Å². The van der Waals surface area contributed by atoms with Crippen LogP contribution in [0.25, 0.3) is 0 Å². The van der Waals surface area contributed by atoms with Crippen LogP contribution in [-0.2, 0) is 28.6 Å². The van der Waals surface area contributed by atoms with Crippen molar-refractivity contribution in [2.45, 2.75) is 219 Å². The quantitative estimate of drug-likeness (QED) is 0.0262. The van der Waals surface area contributed by atoms with E-state index in [0.717, 1.165) is 141 Å². The average molecular weight is 899 g/mol. The van der Waals surface area contributed by atoms with E-state index in [9.17, 15) is 14.4 Å². The molecule has 0 saturated carbocycles. The number of rotatable bonds is 45. The summed E-state index contributed by atoms with van der Waals surface area (Å²) in [5.41, 5.74) is 0. The maximum atomic E-state index is 12.8. The van der Waals surface area contributed by atoms with Crippen molar-refractivity contribution in [1.29, 1.82) is 0 Å². The van der Waals surface area contributed by atoms with Crippen molar-refractivity contribution >= 4 is 17.9 Å². The van der Waals surface area contributed by atoms with Crippen LogP contribution in [0.5, 0.6) is 0 Å². The summed E-state index contributed by atoms with van der Waals surface area (Å²) in [5.74, 6) is -1.00. The van der Waals surface area contributed by atoms with Crippen LogP contribution < -0.4 is 0 Å². The molecule has 0 aliphatic heterocycles. The second kappa shape index (κ2) is 52.4. The Morgan fingerprint density at radius 2 is 0.600 bits per heavy atom. The summed E-state index contributed by atoms with van der Waals surface area (Å²) in [6.07, 6.45) is 71.8. The highest BCUT2D eigenvalue weighted by Gasteiger charge is 2.19. The first-order valence-corrected chi connectivity index (χ1v) is 26.0. The van der Waals surface area contributed by atoms with Crippen molar-refractivity contribution in [1.82, 2.24) is 0 Å². The topological polar surface area (TPSA) is 78.9 Å². The van der Waals surface area contributed by atoms with Gasteiger partial charge in [-0.15, -0.1) is 0 Å². The molecule has 0 aromatic rings. The standard InChI is InChI=1S/C59H94O6/c1-4-7-10-13-16-19-22-25-28-29-32-34-37-40-43-46-49-52-58(61)64-55-56(65-59(62)53-50-47-44-41-38-35-31-27-24-21-18-15-12-9-6-3)54-63-57(60)51-48-45-42-39-36-33-30-26-23-20-17-14-11-8-5-2/h8-9,11-12,16-21,25-28,30-32,34,38,41,56H,4-7,10,13-15,22-24,29,33,35-37,39-40,42-55H2,1-3H3/b11-8-,12-9-,19-16-,20-17-,21-18-,28-25-,30-26-,31-27-,34-32-,41-38-/t56-/m1/s1. The zero-order valence-corrected chi connectivity index (χ0v) is 41.7. The van der Waals surface area contributed by atoms with Crippen molar-refractivity contribution < 1.29 is 28.6 Å². The number of carbonyl (C=O) groups excluding carboxylic acids is 3. The Morgan fingerprint density at radius 3 is 0.969 bits per heavy atom. The van der Waals surface area contributed by atoms with Gasteiger partial charge in [-0.1, -0.05) is 187 Å². The highest BCUT2D eigenvalue weighted by atomic mass is 16.6. The van der Waals surface area contributed by atoms with Gasteiger partial charge in [0.05, 0.1) is 0 Å². The third-order valence-corrected chi connectivity index (χ3v) is 10.4. The largest absolute Gasteiger partial charge is 0.462 e. The van der Waals surface area contributed by atoms with E-state index in [1.54, 1.807) is 0 Å². The summed E-state index contributed by atoms with van der Waals surface area (Å²) < 4.78 is 16.7. The predicted octanol–water partition coefficient (Wildman–Crippen LogP) is 17.3. The van der Waals surface area contributed by atoms with Gasteiger partial charge in [-0.05, 0) is 128 Å². The molecule has 0 aliphatic rings. The molecule has 0 saturated heterocycles.